The molecule has 0 spiro atoms. The number of hydrogen-bond acceptors (Lipinski definition) is 5. The molecule has 1 aromatic rings. The van der Waals surface area contributed by atoms with E-state index in [2.05, 4.69) is 15.9 Å². The maximum absolute atomic E-state index is 12.2. The molecule has 0 amide bonds. The first-order valence-corrected chi connectivity index (χ1v) is 6.13. The molecule has 1 rings (SSSR count). The highest BCUT2D eigenvalue weighted by Crippen LogP contribution is 2.25. The fourth-order valence-electron chi connectivity index (χ4n) is 1.46. The third-order valence-electron chi connectivity index (χ3n) is 2.26. The average molecular weight is 343 g/mol. The van der Waals surface area contributed by atoms with Crippen LogP contribution in [0.15, 0.2) is 34.4 Å². The van der Waals surface area contributed by atoms with Crippen molar-refractivity contribution in [3.8, 4) is 0 Å². The Morgan fingerprint density at radius 3 is 2.45 bits per heavy atom. The Labute approximate surface area is 122 Å². The lowest BCUT2D eigenvalue weighted by molar-refractivity contribution is -0.385. The van der Waals surface area contributed by atoms with E-state index in [-0.39, 0.29) is 5.56 Å². The largest absolute Gasteiger partial charge is 0.477 e. The van der Waals surface area contributed by atoms with Crippen molar-refractivity contribution in [1.29, 1.82) is 0 Å². The molecular weight excluding hydrogens is 332 g/mol. The van der Waals surface area contributed by atoms with Crippen molar-refractivity contribution in [2.24, 2.45) is 0 Å². The van der Waals surface area contributed by atoms with E-state index in [1.807, 2.05) is 0 Å². The molecule has 0 aliphatic rings. The highest BCUT2D eigenvalue weighted by molar-refractivity contribution is 9.10. The Bertz CT molecular complexity index is 610. The summed E-state index contributed by atoms with van der Waals surface area (Å²) in [6.45, 7) is 0. The Kier molecular flexibility index (Phi) is 4.98. The van der Waals surface area contributed by atoms with Crippen LogP contribution in [0, 0.1) is 10.1 Å². The van der Waals surface area contributed by atoms with E-state index >= 15 is 0 Å². The molecule has 0 aromatic heterocycles. The zero-order valence-corrected chi connectivity index (χ0v) is 12.2. The molecule has 0 heterocycles. The van der Waals surface area contributed by atoms with E-state index in [9.17, 15) is 19.7 Å². The van der Waals surface area contributed by atoms with Crippen molar-refractivity contribution >= 4 is 33.4 Å². The predicted molar refractivity (Wildman–Crippen MR) is 74.5 cm³/mol. The highest BCUT2D eigenvalue weighted by atomic mass is 79.9. The van der Waals surface area contributed by atoms with Crippen LogP contribution in [-0.4, -0.2) is 40.8 Å². The van der Waals surface area contributed by atoms with Crippen molar-refractivity contribution in [3.63, 3.8) is 0 Å². The quantitative estimate of drug-likeness (QED) is 0.219. The average Bonchev–Trinajstić information content (AvgIpc) is 2.34. The monoisotopic (exact) mass is 342 g/mol. The van der Waals surface area contributed by atoms with Gasteiger partial charge in [0.2, 0.25) is 5.78 Å². The summed E-state index contributed by atoms with van der Waals surface area (Å²) >= 11 is 3.07. The lowest BCUT2D eigenvalue weighted by Gasteiger charge is -2.08. The van der Waals surface area contributed by atoms with Crippen molar-refractivity contribution in [2.75, 3.05) is 14.1 Å². The van der Waals surface area contributed by atoms with E-state index in [0.29, 0.717) is 4.47 Å². The number of aliphatic carboxylic acids is 1. The molecule has 20 heavy (non-hydrogen) atoms. The zero-order chi connectivity index (χ0) is 15.4. The zero-order valence-electron chi connectivity index (χ0n) is 10.7. The summed E-state index contributed by atoms with van der Waals surface area (Å²) in [5.41, 5.74) is -1.26. The van der Waals surface area contributed by atoms with Crippen LogP contribution >= 0.6 is 15.9 Å². The van der Waals surface area contributed by atoms with Crippen LogP contribution in [0.4, 0.5) is 5.69 Å². The van der Waals surface area contributed by atoms with Gasteiger partial charge in [0.05, 0.1) is 4.92 Å². The lowest BCUT2D eigenvalue weighted by atomic mass is 10.0. The number of nitro benzene ring substituents is 1. The van der Waals surface area contributed by atoms with Gasteiger partial charge in [0.15, 0.2) is 0 Å². The fourth-order valence-corrected chi connectivity index (χ4v) is 1.81. The summed E-state index contributed by atoms with van der Waals surface area (Å²) in [6, 6.07) is 3.81. The second-order valence-electron chi connectivity index (χ2n) is 4.06. The van der Waals surface area contributed by atoms with Crippen molar-refractivity contribution < 1.29 is 19.6 Å². The van der Waals surface area contributed by atoms with Crippen LogP contribution in [0.2, 0.25) is 0 Å². The molecule has 1 aromatic carbocycles. The number of carbonyl (C=O) groups excluding carboxylic acids is 1. The first-order valence-electron chi connectivity index (χ1n) is 5.34. The van der Waals surface area contributed by atoms with Crippen molar-refractivity contribution in [3.05, 3.63) is 50.1 Å². The molecule has 0 fully saturated rings. The summed E-state index contributed by atoms with van der Waals surface area (Å²) in [7, 11) is 3.10. The molecule has 0 radical (unpaired) electrons. The number of Topliss-reactive ketones (excluding diaryl/α,β-unsaturated/α-hetero) is 1. The van der Waals surface area contributed by atoms with Gasteiger partial charge in [0.25, 0.3) is 5.69 Å². The van der Waals surface area contributed by atoms with Crippen LogP contribution in [0.3, 0.4) is 0 Å². The number of carbonyl (C=O) groups is 2. The minimum absolute atomic E-state index is 0.270. The third-order valence-corrected chi connectivity index (χ3v) is 2.76. The molecule has 0 atom stereocenters. The first-order chi connectivity index (χ1) is 9.23. The maximum Gasteiger partial charge on any atom is 0.341 e. The first kappa shape index (κ1) is 15.8. The van der Waals surface area contributed by atoms with Gasteiger partial charge >= 0.3 is 5.97 Å². The SMILES string of the molecule is CN(C)C=C(C(=O)O)C(=O)c1ccc(Br)cc1[N+](=O)[O-]. The molecular formula is C12H11BrN2O5. The number of nitro groups is 1. The third kappa shape index (κ3) is 3.64. The normalized spacial score (nSPS) is 11.1. The van der Waals surface area contributed by atoms with Gasteiger partial charge in [-0.15, -0.1) is 0 Å². The van der Waals surface area contributed by atoms with Gasteiger partial charge < -0.3 is 10.0 Å². The minimum atomic E-state index is -1.44. The number of hydrogen-bond donors (Lipinski definition) is 1. The van der Waals surface area contributed by atoms with E-state index in [0.717, 1.165) is 12.3 Å². The van der Waals surface area contributed by atoms with E-state index in [1.54, 1.807) is 14.1 Å². The molecule has 0 saturated carbocycles. The Morgan fingerprint density at radius 2 is 2.00 bits per heavy atom. The number of carboxylic acid groups (broad SMARTS) is 1. The second-order valence-corrected chi connectivity index (χ2v) is 4.97. The topological polar surface area (TPSA) is 101 Å². The standard InChI is InChI=1S/C12H11BrN2O5/c1-14(2)6-9(12(17)18)11(16)8-4-3-7(13)5-10(8)15(19)20/h3-6H,1-2H3,(H,17,18). The van der Waals surface area contributed by atoms with Gasteiger partial charge in [-0.2, -0.15) is 0 Å². The second kappa shape index (κ2) is 6.29. The number of ketones is 1. The van der Waals surface area contributed by atoms with Crippen LogP contribution in [-0.2, 0) is 4.79 Å². The van der Waals surface area contributed by atoms with Crippen LogP contribution in [0.1, 0.15) is 10.4 Å². The molecule has 8 heteroatoms. The van der Waals surface area contributed by atoms with Crippen LogP contribution < -0.4 is 0 Å². The van der Waals surface area contributed by atoms with Gasteiger partial charge in [-0.25, -0.2) is 4.79 Å². The molecule has 0 aliphatic carbocycles. The minimum Gasteiger partial charge on any atom is -0.477 e. The van der Waals surface area contributed by atoms with Crippen LogP contribution in [0.25, 0.3) is 0 Å². The van der Waals surface area contributed by atoms with Crippen molar-refractivity contribution in [1.82, 2.24) is 4.90 Å². The number of nitrogens with zero attached hydrogens (tertiary/aromatic N) is 2. The van der Waals surface area contributed by atoms with Gasteiger partial charge in [-0.1, -0.05) is 15.9 Å². The fraction of sp³-hybridized carbons (Fsp3) is 0.167. The molecule has 1 N–H and O–H groups in total. The molecule has 0 unspecified atom stereocenters. The molecule has 0 bridgehead atoms. The number of carboxylic acids is 1. The van der Waals surface area contributed by atoms with Gasteiger partial charge in [-0.3, -0.25) is 14.9 Å². The summed E-state index contributed by atoms with van der Waals surface area (Å²) in [5.74, 6) is -2.36. The smallest absolute Gasteiger partial charge is 0.341 e. The number of rotatable bonds is 5. The van der Waals surface area contributed by atoms with Gasteiger partial charge in [-0.05, 0) is 12.1 Å². The van der Waals surface area contributed by atoms with E-state index in [1.165, 1.54) is 17.0 Å². The molecule has 0 saturated heterocycles. The molecule has 106 valence electrons. The predicted octanol–water partition coefficient (Wildman–Crippen LogP) is 2.07. The summed E-state index contributed by atoms with van der Waals surface area (Å²) in [4.78, 5) is 34.9. The molecule has 7 nitrogen and oxygen atoms in total. The molecule has 0 aliphatic heterocycles. The summed E-state index contributed by atoms with van der Waals surface area (Å²) in [5, 5.41) is 20.0. The summed E-state index contributed by atoms with van der Waals surface area (Å²) < 4.78 is 0.425. The van der Waals surface area contributed by atoms with E-state index < -0.39 is 27.9 Å². The lowest BCUT2D eigenvalue weighted by Crippen LogP contribution is -2.17. The Balaban J connectivity index is 3.40. The van der Waals surface area contributed by atoms with Gasteiger partial charge in [0.1, 0.15) is 11.1 Å². The van der Waals surface area contributed by atoms with Crippen LogP contribution in [0.5, 0.6) is 0 Å². The van der Waals surface area contributed by atoms with E-state index in [4.69, 9.17) is 5.11 Å². The maximum atomic E-state index is 12.2. The van der Waals surface area contributed by atoms with Gasteiger partial charge in [0, 0.05) is 30.8 Å². The number of benzene rings is 1. The Hall–Kier alpha value is -2.22. The number of halogens is 1. The highest BCUT2D eigenvalue weighted by Gasteiger charge is 2.27. The summed E-state index contributed by atoms with van der Waals surface area (Å²) in [6.07, 6.45) is 1.11. The Morgan fingerprint density at radius 1 is 1.40 bits per heavy atom. The van der Waals surface area contributed by atoms with Crippen molar-refractivity contribution in [2.45, 2.75) is 0 Å².